The zero-order valence-electron chi connectivity index (χ0n) is 15.3. The molecule has 0 aliphatic rings. The summed E-state index contributed by atoms with van der Waals surface area (Å²) in [6.45, 7) is 3.42. The van der Waals surface area contributed by atoms with E-state index in [2.05, 4.69) is 13.8 Å². The van der Waals surface area contributed by atoms with Crippen LogP contribution in [0.3, 0.4) is 0 Å². The smallest absolute Gasteiger partial charge is 0.391 e. The summed E-state index contributed by atoms with van der Waals surface area (Å²) >= 11 is 0. The molecule has 0 heterocycles. The van der Waals surface area contributed by atoms with Crippen LogP contribution in [0.5, 0.6) is 0 Å². The summed E-state index contributed by atoms with van der Waals surface area (Å²) in [7, 11) is -6.11. The molecule has 2 rings (SSSR count). The number of carbonyl (C=O) groups excluding carboxylic acids is 2. The maximum Gasteiger partial charge on any atom is 0.391 e. The topological polar surface area (TPSA) is 101 Å². The summed E-state index contributed by atoms with van der Waals surface area (Å²) in [5, 5.41) is -3.35. The molecule has 0 saturated heterocycles. The molecule has 2 aromatic rings. The minimum atomic E-state index is -6.11. The van der Waals surface area contributed by atoms with Gasteiger partial charge in [-0.1, -0.05) is 38.1 Å². The molecule has 0 fully saturated rings. The third-order valence-corrected chi connectivity index (χ3v) is 5.34. The highest BCUT2D eigenvalue weighted by Gasteiger charge is 2.45. The quantitative estimate of drug-likeness (QED) is 0.484. The lowest BCUT2D eigenvalue weighted by Crippen LogP contribution is -2.38. The van der Waals surface area contributed by atoms with Gasteiger partial charge in [0.25, 0.3) is 0 Å². The van der Waals surface area contributed by atoms with Crippen molar-refractivity contribution in [2.24, 2.45) is 0 Å². The molecule has 0 bridgehead atoms. The van der Waals surface area contributed by atoms with Gasteiger partial charge in [-0.15, -0.1) is 0 Å². The first-order valence-corrected chi connectivity index (χ1v) is 9.95. The average Bonchev–Trinajstić information content (AvgIpc) is 2.65. The number of hydrogen-bond acceptors (Lipinski definition) is 6. The Hall–Kier alpha value is -2.39. The van der Waals surface area contributed by atoms with Crippen molar-refractivity contribution in [3.63, 3.8) is 0 Å². The van der Waals surface area contributed by atoms with Crippen molar-refractivity contribution >= 4 is 32.6 Å². The van der Waals surface area contributed by atoms with Crippen LogP contribution in [0.4, 0.5) is 8.78 Å². The molecule has 1 unspecified atom stereocenters. The van der Waals surface area contributed by atoms with E-state index in [-0.39, 0.29) is 5.56 Å². The second kappa shape index (κ2) is 8.32. The molecule has 0 saturated carbocycles. The first-order valence-electron chi connectivity index (χ1n) is 8.54. The van der Waals surface area contributed by atoms with Crippen LogP contribution in [0.2, 0.25) is 0 Å². The van der Waals surface area contributed by atoms with E-state index >= 15 is 0 Å². The van der Waals surface area contributed by atoms with Gasteiger partial charge >= 0.3 is 11.2 Å². The SMILES string of the molecule is CCC(C)c1ccc2cc(C(=O)OCCC(=O)C(F)(F)S(=O)(=O)[O-])ccc2c1. The van der Waals surface area contributed by atoms with Gasteiger partial charge in [-0.3, -0.25) is 4.79 Å². The summed E-state index contributed by atoms with van der Waals surface area (Å²) in [6, 6.07) is 10.6. The molecule has 1 atom stereocenters. The Labute approximate surface area is 161 Å². The van der Waals surface area contributed by atoms with Crippen molar-refractivity contribution in [3.05, 3.63) is 47.5 Å². The maximum atomic E-state index is 13.1. The molecule has 28 heavy (non-hydrogen) atoms. The fourth-order valence-corrected chi connectivity index (χ4v) is 2.92. The predicted octanol–water partition coefficient (Wildman–Crippen LogP) is 3.61. The van der Waals surface area contributed by atoms with Crippen molar-refractivity contribution in [2.75, 3.05) is 6.61 Å². The van der Waals surface area contributed by atoms with Gasteiger partial charge < -0.3 is 9.29 Å². The molecule has 0 aliphatic heterocycles. The van der Waals surface area contributed by atoms with E-state index in [1.165, 1.54) is 6.07 Å². The van der Waals surface area contributed by atoms with Crippen molar-refractivity contribution in [1.82, 2.24) is 0 Å². The Morgan fingerprint density at radius 1 is 1.14 bits per heavy atom. The minimum Gasteiger partial charge on any atom is -0.743 e. The number of hydrogen-bond donors (Lipinski definition) is 0. The molecule has 9 heteroatoms. The van der Waals surface area contributed by atoms with E-state index in [9.17, 15) is 31.3 Å². The van der Waals surface area contributed by atoms with Crippen molar-refractivity contribution < 1.29 is 36.1 Å². The van der Waals surface area contributed by atoms with Crippen molar-refractivity contribution in [2.45, 2.75) is 37.9 Å². The fourth-order valence-electron chi connectivity index (χ4n) is 2.54. The van der Waals surface area contributed by atoms with Crippen LogP contribution in [0.15, 0.2) is 36.4 Å². The standard InChI is InChI=1S/C19H20F2O6S/c1-3-12(2)13-4-5-15-11-16(7-6-14(15)10-13)18(23)27-9-8-17(22)19(20,21)28(24,25)26/h4-7,10-12H,3,8-9H2,1-2H3,(H,24,25,26)/p-1. The number of halogens is 2. The zero-order valence-corrected chi connectivity index (χ0v) is 16.1. The summed E-state index contributed by atoms with van der Waals surface area (Å²) in [5.41, 5.74) is 1.32. The first-order chi connectivity index (χ1) is 13.0. The lowest BCUT2D eigenvalue weighted by Gasteiger charge is -2.18. The average molecular weight is 413 g/mol. The molecule has 6 nitrogen and oxygen atoms in total. The highest BCUT2D eigenvalue weighted by molar-refractivity contribution is 7.87. The van der Waals surface area contributed by atoms with E-state index < -0.39 is 40.2 Å². The number of esters is 1. The Bertz CT molecular complexity index is 1000. The van der Waals surface area contributed by atoms with Gasteiger partial charge in [-0.05, 0) is 40.8 Å². The number of ketones is 1. The third kappa shape index (κ3) is 4.71. The molecule has 0 N–H and O–H groups in total. The zero-order chi connectivity index (χ0) is 21.1. The Balaban J connectivity index is 2.04. The van der Waals surface area contributed by atoms with Crippen LogP contribution in [-0.2, 0) is 19.6 Å². The van der Waals surface area contributed by atoms with E-state index in [1.54, 1.807) is 12.1 Å². The number of carbonyl (C=O) groups is 2. The largest absolute Gasteiger partial charge is 0.743 e. The summed E-state index contributed by atoms with van der Waals surface area (Å²) < 4.78 is 62.1. The number of rotatable bonds is 8. The molecular formula is C19H19F2O6S-. The minimum absolute atomic E-state index is 0.152. The molecule has 0 aliphatic carbocycles. The van der Waals surface area contributed by atoms with E-state index in [1.807, 2.05) is 18.2 Å². The molecule has 0 aromatic heterocycles. The lowest BCUT2D eigenvalue weighted by molar-refractivity contribution is -0.134. The van der Waals surface area contributed by atoms with Crippen molar-refractivity contribution in [1.29, 1.82) is 0 Å². The second-order valence-electron chi connectivity index (χ2n) is 6.41. The number of ether oxygens (including phenoxy) is 1. The van der Waals surface area contributed by atoms with Crippen LogP contribution < -0.4 is 0 Å². The van der Waals surface area contributed by atoms with Gasteiger partial charge in [0.05, 0.1) is 12.2 Å². The monoisotopic (exact) mass is 413 g/mol. The molecule has 0 spiro atoms. The van der Waals surface area contributed by atoms with Crippen molar-refractivity contribution in [3.8, 4) is 0 Å². The Kier molecular flexibility index (Phi) is 6.51. The summed E-state index contributed by atoms with van der Waals surface area (Å²) in [4.78, 5) is 23.2. The number of benzene rings is 2. The van der Waals surface area contributed by atoms with Crippen LogP contribution >= 0.6 is 0 Å². The van der Waals surface area contributed by atoms with Crippen LogP contribution in [0, 0.1) is 0 Å². The molecule has 0 amide bonds. The fraction of sp³-hybridized carbons (Fsp3) is 0.368. The first kappa shape index (κ1) is 21.9. The Morgan fingerprint density at radius 2 is 1.75 bits per heavy atom. The van der Waals surface area contributed by atoms with Crippen LogP contribution in [0.25, 0.3) is 10.8 Å². The van der Waals surface area contributed by atoms with Gasteiger partial charge in [-0.25, -0.2) is 13.2 Å². The normalized spacial score (nSPS) is 13.3. The highest BCUT2D eigenvalue weighted by atomic mass is 32.2. The summed E-state index contributed by atoms with van der Waals surface area (Å²) in [6.07, 6.45) is -0.104. The van der Waals surface area contributed by atoms with Gasteiger partial charge in [-0.2, -0.15) is 8.78 Å². The molecule has 2 aromatic carbocycles. The number of fused-ring (bicyclic) bond motifs is 1. The number of Topliss-reactive ketones (excluding diaryl/α,β-unsaturated/α-hetero) is 1. The van der Waals surface area contributed by atoms with Gasteiger partial charge in [0, 0.05) is 6.42 Å². The van der Waals surface area contributed by atoms with E-state index in [4.69, 9.17) is 4.74 Å². The lowest BCUT2D eigenvalue weighted by atomic mass is 9.95. The highest BCUT2D eigenvalue weighted by Crippen LogP contribution is 2.25. The molecular weight excluding hydrogens is 394 g/mol. The summed E-state index contributed by atoms with van der Waals surface area (Å²) in [5.74, 6) is -2.58. The maximum absolute atomic E-state index is 13.1. The second-order valence-corrected chi connectivity index (χ2v) is 7.83. The van der Waals surface area contributed by atoms with Crippen LogP contribution in [-0.4, -0.2) is 36.6 Å². The molecule has 0 radical (unpaired) electrons. The van der Waals surface area contributed by atoms with E-state index in [0.29, 0.717) is 5.92 Å². The van der Waals surface area contributed by atoms with Gasteiger partial charge in [0.15, 0.2) is 10.1 Å². The molecule has 152 valence electrons. The third-order valence-electron chi connectivity index (χ3n) is 4.48. The Morgan fingerprint density at radius 3 is 2.36 bits per heavy atom. The van der Waals surface area contributed by atoms with E-state index in [0.717, 1.165) is 22.8 Å². The number of alkyl halides is 2. The van der Waals surface area contributed by atoms with Gasteiger partial charge in [0.1, 0.15) is 0 Å². The predicted molar refractivity (Wildman–Crippen MR) is 97.2 cm³/mol. The van der Waals surface area contributed by atoms with Crippen LogP contribution in [0.1, 0.15) is 48.5 Å². The van der Waals surface area contributed by atoms with Gasteiger partial charge in [0.2, 0.25) is 5.78 Å².